The lowest BCUT2D eigenvalue weighted by atomic mass is 10.2. The predicted octanol–water partition coefficient (Wildman–Crippen LogP) is 3.80. The number of rotatable bonds is 6. The molecule has 9 heteroatoms. The highest BCUT2D eigenvalue weighted by Crippen LogP contribution is 2.22. The van der Waals surface area contributed by atoms with Crippen LogP contribution in [0.2, 0.25) is 0 Å². The maximum absolute atomic E-state index is 12.6. The Kier molecular flexibility index (Phi) is 6.77. The number of hydrogen-bond donors (Lipinski definition) is 3. The Balaban J connectivity index is 1.67. The number of anilines is 1. The molecule has 0 aliphatic heterocycles. The molecule has 1 heterocycles. The van der Waals surface area contributed by atoms with E-state index in [-0.39, 0.29) is 16.1 Å². The SMILES string of the molecule is CCc1sc(C(=O)NNC(=O)c2cccc(NS(=O)(=O)c3ccc(C)cc3)c2)cc1C. The van der Waals surface area contributed by atoms with Gasteiger partial charge in [-0.3, -0.25) is 25.2 Å². The van der Waals surface area contributed by atoms with Gasteiger partial charge in [0.15, 0.2) is 0 Å². The van der Waals surface area contributed by atoms with E-state index in [4.69, 9.17) is 0 Å². The van der Waals surface area contributed by atoms with Gasteiger partial charge in [0.1, 0.15) is 0 Å². The molecule has 0 aliphatic carbocycles. The number of amides is 2. The fourth-order valence-electron chi connectivity index (χ4n) is 2.89. The fraction of sp³-hybridized carbons (Fsp3) is 0.182. The van der Waals surface area contributed by atoms with Crippen LogP contribution in [0.4, 0.5) is 5.69 Å². The number of nitrogens with one attached hydrogen (secondary N) is 3. The van der Waals surface area contributed by atoms with Gasteiger partial charge in [-0.25, -0.2) is 8.42 Å². The first-order valence-corrected chi connectivity index (χ1v) is 11.9. The lowest BCUT2D eigenvalue weighted by molar-refractivity contribution is 0.0849. The molecule has 3 N–H and O–H groups in total. The molecule has 0 spiro atoms. The molecule has 7 nitrogen and oxygen atoms in total. The third-order valence-corrected chi connectivity index (χ3v) is 7.34. The van der Waals surface area contributed by atoms with Gasteiger partial charge >= 0.3 is 0 Å². The standard InChI is InChI=1S/C22H23N3O4S2/c1-4-19-15(3)12-20(30-19)22(27)24-23-21(26)16-6-5-7-17(13-16)25-31(28,29)18-10-8-14(2)9-11-18/h5-13,25H,4H2,1-3H3,(H,23,26)(H,24,27). The van der Waals surface area contributed by atoms with Crippen LogP contribution in [0.5, 0.6) is 0 Å². The molecule has 162 valence electrons. The number of sulfonamides is 1. The van der Waals surface area contributed by atoms with Crippen molar-refractivity contribution in [3.05, 3.63) is 81.0 Å². The minimum Gasteiger partial charge on any atom is -0.280 e. The van der Waals surface area contributed by atoms with Crippen molar-refractivity contribution in [2.45, 2.75) is 32.1 Å². The summed E-state index contributed by atoms with van der Waals surface area (Å²) in [7, 11) is -3.79. The number of carbonyl (C=O) groups is 2. The Morgan fingerprint density at radius 2 is 1.61 bits per heavy atom. The molecule has 0 saturated heterocycles. The number of carbonyl (C=O) groups excluding carboxylic acids is 2. The van der Waals surface area contributed by atoms with Gasteiger partial charge < -0.3 is 0 Å². The van der Waals surface area contributed by atoms with Gasteiger partial charge in [-0.2, -0.15) is 0 Å². The first kappa shape index (κ1) is 22.5. The molecule has 0 atom stereocenters. The molecule has 3 aromatic rings. The molecule has 0 saturated carbocycles. The number of aryl methyl sites for hydroxylation is 3. The van der Waals surface area contributed by atoms with Crippen molar-refractivity contribution < 1.29 is 18.0 Å². The van der Waals surface area contributed by atoms with Gasteiger partial charge in [-0.1, -0.05) is 30.7 Å². The fourth-order valence-corrected chi connectivity index (χ4v) is 4.94. The number of thiophene rings is 1. The van der Waals surface area contributed by atoms with Crippen LogP contribution in [0, 0.1) is 13.8 Å². The highest BCUT2D eigenvalue weighted by Gasteiger charge is 2.16. The molecule has 0 fully saturated rings. The zero-order valence-electron chi connectivity index (χ0n) is 17.4. The molecular formula is C22H23N3O4S2. The van der Waals surface area contributed by atoms with Crippen molar-refractivity contribution in [3.63, 3.8) is 0 Å². The van der Waals surface area contributed by atoms with Gasteiger partial charge in [0.25, 0.3) is 21.8 Å². The largest absolute Gasteiger partial charge is 0.280 e. The summed E-state index contributed by atoms with van der Waals surface area (Å²) in [6, 6.07) is 14.2. The number of hydrazine groups is 1. The maximum atomic E-state index is 12.6. The minimum atomic E-state index is -3.79. The van der Waals surface area contributed by atoms with Crippen molar-refractivity contribution in [2.24, 2.45) is 0 Å². The van der Waals surface area contributed by atoms with Crippen LogP contribution in [0.1, 0.15) is 43.0 Å². The first-order chi connectivity index (χ1) is 14.7. The number of benzene rings is 2. The summed E-state index contributed by atoms with van der Waals surface area (Å²) >= 11 is 1.38. The Hall–Kier alpha value is -3.17. The Labute approximate surface area is 185 Å². The summed E-state index contributed by atoms with van der Waals surface area (Å²) in [6.07, 6.45) is 0.835. The monoisotopic (exact) mass is 457 g/mol. The molecule has 3 rings (SSSR count). The van der Waals surface area contributed by atoms with Crippen LogP contribution in [0.15, 0.2) is 59.5 Å². The number of hydrogen-bond acceptors (Lipinski definition) is 5. The smallest absolute Gasteiger partial charge is 0.279 e. The third kappa shape index (κ3) is 5.50. The zero-order valence-corrected chi connectivity index (χ0v) is 19.0. The molecule has 0 bridgehead atoms. The molecule has 31 heavy (non-hydrogen) atoms. The first-order valence-electron chi connectivity index (χ1n) is 9.59. The van der Waals surface area contributed by atoms with Crippen molar-refractivity contribution in [3.8, 4) is 0 Å². The molecule has 0 unspecified atom stereocenters. The molecule has 1 aromatic heterocycles. The summed E-state index contributed by atoms with van der Waals surface area (Å²) < 4.78 is 27.6. The van der Waals surface area contributed by atoms with E-state index in [1.807, 2.05) is 20.8 Å². The van der Waals surface area contributed by atoms with Crippen LogP contribution >= 0.6 is 11.3 Å². The van der Waals surface area contributed by atoms with Crippen molar-refractivity contribution >= 4 is 38.9 Å². The topological polar surface area (TPSA) is 104 Å². The van der Waals surface area contributed by atoms with Gasteiger partial charge in [0.05, 0.1) is 9.77 Å². The molecule has 0 radical (unpaired) electrons. The van der Waals surface area contributed by atoms with Crippen molar-refractivity contribution in [1.29, 1.82) is 0 Å². The average molecular weight is 458 g/mol. The summed E-state index contributed by atoms with van der Waals surface area (Å²) in [5.74, 6) is -0.967. The molecular weight excluding hydrogens is 434 g/mol. The highest BCUT2D eigenvalue weighted by atomic mass is 32.2. The second kappa shape index (κ2) is 9.32. The molecule has 0 aliphatic rings. The maximum Gasteiger partial charge on any atom is 0.279 e. The highest BCUT2D eigenvalue weighted by molar-refractivity contribution is 7.92. The van der Waals surface area contributed by atoms with Gasteiger partial charge in [0.2, 0.25) is 0 Å². The lowest BCUT2D eigenvalue weighted by Crippen LogP contribution is -2.41. The summed E-state index contributed by atoms with van der Waals surface area (Å²) in [6.45, 7) is 5.82. The van der Waals surface area contributed by atoms with Crippen molar-refractivity contribution in [1.82, 2.24) is 10.9 Å². The third-order valence-electron chi connectivity index (χ3n) is 4.56. The van der Waals surface area contributed by atoms with E-state index in [2.05, 4.69) is 15.6 Å². The summed E-state index contributed by atoms with van der Waals surface area (Å²) in [5, 5.41) is 0. The van der Waals surface area contributed by atoms with E-state index < -0.39 is 21.8 Å². The van der Waals surface area contributed by atoms with Gasteiger partial charge in [-0.15, -0.1) is 11.3 Å². The minimum absolute atomic E-state index is 0.123. The average Bonchev–Trinajstić information content (AvgIpc) is 3.12. The van der Waals surface area contributed by atoms with E-state index in [1.165, 1.54) is 35.6 Å². The van der Waals surface area contributed by atoms with E-state index in [0.29, 0.717) is 4.88 Å². The van der Waals surface area contributed by atoms with Crippen LogP contribution in [-0.4, -0.2) is 20.2 Å². The second-order valence-electron chi connectivity index (χ2n) is 6.98. The van der Waals surface area contributed by atoms with E-state index in [1.54, 1.807) is 30.3 Å². The lowest BCUT2D eigenvalue weighted by Gasteiger charge is -2.10. The Morgan fingerprint density at radius 1 is 0.935 bits per heavy atom. The predicted molar refractivity (Wildman–Crippen MR) is 122 cm³/mol. The van der Waals surface area contributed by atoms with E-state index in [9.17, 15) is 18.0 Å². The van der Waals surface area contributed by atoms with Crippen LogP contribution in [0.25, 0.3) is 0 Å². The second-order valence-corrected chi connectivity index (χ2v) is 9.80. The summed E-state index contributed by atoms with van der Waals surface area (Å²) in [5.41, 5.74) is 7.18. The van der Waals surface area contributed by atoms with Crippen LogP contribution in [-0.2, 0) is 16.4 Å². The zero-order chi connectivity index (χ0) is 22.6. The van der Waals surface area contributed by atoms with E-state index in [0.717, 1.165) is 22.4 Å². The Morgan fingerprint density at radius 3 is 2.26 bits per heavy atom. The van der Waals surface area contributed by atoms with Crippen LogP contribution in [0.3, 0.4) is 0 Å². The van der Waals surface area contributed by atoms with Gasteiger partial charge in [-0.05, 0) is 62.2 Å². The molecule has 2 amide bonds. The Bertz CT molecular complexity index is 1220. The van der Waals surface area contributed by atoms with E-state index >= 15 is 0 Å². The van der Waals surface area contributed by atoms with Crippen molar-refractivity contribution in [2.75, 3.05) is 4.72 Å². The summed E-state index contributed by atoms with van der Waals surface area (Å²) in [4.78, 5) is 26.5. The van der Waals surface area contributed by atoms with Gasteiger partial charge in [0, 0.05) is 16.1 Å². The normalized spacial score (nSPS) is 11.1. The quantitative estimate of drug-likeness (QED) is 0.490. The molecule has 2 aromatic carbocycles. The van der Waals surface area contributed by atoms with Crippen LogP contribution < -0.4 is 15.6 Å².